The highest BCUT2D eigenvalue weighted by Crippen LogP contribution is 2.35. The first-order valence-corrected chi connectivity index (χ1v) is 13.2. The van der Waals surface area contributed by atoms with Gasteiger partial charge in [0, 0.05) is 61.8 Å². The molecule has 0 bridgehead atoms. The molecular weight excluding hydrogens is 506 g/mol. The number of aromatic nitrogens is 5. The maximum Gasteiger partial charge on any atom is 0.341 e. The van der Waals surface area contributed by atoms with E-state index in [0.717, 1.165) is 41.1 Å². The molecule has 1 aliphatic rings. The first-order valence-electron chi connectivity index (χ1n) is 12.4. The van der Waals surface area contributed by atoms with Crippen LogP contribution < -0.4 is 14.5 Å². The quantitative estimate of drug-likeness (QED) is 0.294. The fourth-order valence-electron chi connectivity index (χ4n) is 4.06. The molecule has 198 valence electrons. The van der Waals surface area contributed by atoms with Gasteiger partial charge in [-0.05, 0) is 25.5 Å². The SMILES string of the molecule is CCOC(=O)c1cnc(N(C)CCc2cc3nc(-c4ccc(OC)nc4)nc(N4CCOCC4)c3s2)nc1. The van der Waals surface area contributed by atoms with E-state index in [1.165, 1.54) is 17.3 Å². The molecule has 4 aromatic rings. The van der Waals surface area contributed by atoms with E-state index in [1.807, 2.05) is 24.1 Å². The number of carbonyl (C=O) groups is 1. The van der Waals surface area contributed by atoms with Crippen molar-refractivity contribution in [1.82, 2.24) is 24.9 Å². The Morgan fingerprint density at radius 1 is 1.13 bits per heavy atom. The van der Waals surface area contributed by atoms with E-state index in [1.54, 1.807) is 31.6 Å². The molecule has 0 N–H and O–H groups in total. The summed E-state index contributed by atoms with van der Waals surface area (Å²) < 4.78 is 16.8. The third kappa shape index (κ3) is 5.65. The van der Waals surface area contributed by atoms with E-state index in [-0.39, 0.29) is 0 Å². The van der Waals surface area contributed by atoms with Crippen LogP contribution in [-0.2, 0) is 15.9 Å². The predicted octanol–water partition coefficient (Wildman–Crippen LogP) is 3.24. The number of hydrogen-bond donors (Lipinski definition) is 0. The molecule has 38 heavy (non-hydrogen) atoms. The zero-order valence-corrected chi connectivity index (χ0v) is 22.4. The number of likely N-dealkylation sites (N-methyl/N-ethyl adjacent to an activating group) is 1. The molecule has 1 fully saturated rings. The second-order valence-corrected chi connectivity index (χ2v) is 9.79. The molecule has 0 amide bonds. The zero-order chi connectivity index (χ0) is 26.5. The smallest absolute Gasteiger partial charge is 0.341 e. The minimum absolute atomic E-state index is 0.311. The van der Waals surface area contributed by atoms with E-state index in [9.17, 15) is 4.79 Å². The fraction of sp³-hybridized carbons (Fsp3) is 0.385. The summed E-state index contributed by atoms with van der Waals surface area (Å²) in [5.41, 5.74) is 2.08. The Morgan fingerprint density at radius 3 is 2.61 bits per heavy atom. The number of ether oxygens (including phenoxy) is 3. The van der Waals surface area contributed by atoms with Crippen LogP contribution in [0.5, 0.6) is 5.88 Å². The molecular formula is C26H29N7O4S. The topological polar surface area (TPSA) is 116 Å². The van der Waals surface area contributed by atoms with Crippen LogP contribution in [0, 0.1) is 0 Å². The number of morpholine rings is 1. The van der Waals surface area contributed by atoms with Crippen molar-refractivity contribution >= 4 is 39.3 Å². The van der Waals surface area contributed by atoms with Crippen molar-refractivity contribution in [2.45, 2.75) is 13.3 Å². The number of rotatable bonds is 9. The maximum absolute atomic E-state index is 11.9. The summed E-state index contributed by atoms with van der Waals surface area (Å²) in [5.74, 6) is 2.22. The van der Waals surface area contributed by atoms with Crippen LogP contribution in [-0.4, -0.2) is 84.5 Å². The van der Waals surface area contributed by atoms with Gasteiger partial charge in [-0.25, -0.2) is 29.7 Å². The van der Waals surface area contributed by atoms with Crippen LogP contribution in [0.4, 0.5) is 11.8 Å². The normalized spacial score (nSPS) is 13.5. The van der Waals surface area contributed by atoms with Crippen molar-refractivity contribution in [3.8, 4) is 17.3 Å². The largest absolute Gasteiger partial charge is 0.481 e. The minimum atomic E-state index is -0.422. The van der Waals surface area contributed by atoms with Crippen LogP contribution in [0.25, 0.3) is 21.6 Å². The number of pyridine rings is 1. The molecule has 5 rings (SSSR count). The Kier molecular flexibility index (Phi) is 7.89. The highest BCUT2D eigenvalue weighted by atomic mass is 32.1. The molecule has 0 aromatic carbocycles. The second kappa shape index (κ2) is 11.7. The third-order valence-electron chi connectivity index (χ3n) is 6.10. The number of anilines is 2. The van der Waals surface area contributed by atoms with Crippen LogP contribution >= 0.6 is 11.3 Å². The first-order chi connectivity index (χ1) is 18.6. The van der Waals surface area contributed by atoms with Gasteiger partial charge in [0.2, 0.25) is 11.8 Å². The lowest BCUT2D eigenvalue weighted by Gasteiger charge is -2.28. The number of fused-ring (bicyclic) bond motifs is 1. The summed E-state index contributed by atoms with van der Waals surface area (Å²) >= 11 is 1.70. The van der Waals surface area contributed by atoms with E-state index in [4.69, 9.17) is 24.2 Å². The van der Waals surface area contributed by atoms with Gasteiger partial charge < -0.3 is 24.0 Å². The summed E-state index contributed by atoms with van der Waals surface area (Å²) in [6, 6.07) is 5.86. The van der Waals surface area contributed by atoms with Crippen LogP contribution in [0.1, 0.15) is 22.2 Å². The fourth-order valence-corrected chi connectivity index (χ4v) is 5.16. The second-order valence-electron chi connectivity index (χ2n) is 8.65. The summed E-state index contributed by atoms with van der Waals surface area (Å²) in [6.07, 6.45) is 5.51. The number of methoxy groups -OCH3 is 1. The van der Waals surface area contributed by atoms with E-state index in [2.05, 4.69) is 25.9 Å². The Balaban J connectivity index is 1.38. The Labute approximate surface area is 224 Å². The van der Waals surface area contributed by atoms with Gasteiger partial charge in [0.05, 0.1) is 42.7 Å². The van der Waals surface area contributed by atoms with Crippen LogP contribution in [0.2, 0.25) is 0 Å². The standard InChI is InChI=1S/C26H29N7O4S/c1-4-37-25(34)18-15-28-26(29-16-18)32(2)8-7-19-13-20-22(38-19)24(33-9-11-36-12-10-33)31-23(30-20)17-5-6-21(35-3)27-14-17/h5-6,13-16H,4,7-12H2,1-3H3. The predicted molar refractivity (Wildman–Crippen MR) is 145 cm³/mol. The summed E-state index contributed by atoms with van der Waals surface area (Å²) in [7, 11) is 3.52. The molecule has 1 aliphatic heterocycles. The number of carbonyl (C=O) groups excluding carboxylic acids is 1. The van der Waals surface area contributed by atoms with E-state index < -0.39 is 5.97 Å². The van der Waals surface area contributed by atoms with E-state index in [0.29, 0.717) is 49.6 Å². The first kappa shape index (κ1) is 25.7. The Bertz CT molecular complexity index is 1390. The third-order valence-corrected chi connectivity index (χ3v) is 7.28. The molecule has 1 saturated heterocycles. The van der Waals surface area contributed by atoms with Crippen LogP contribution in [0.3, 0.4) is 0 Å². The molecule has 4 aromatic heterocycles. The summed E-state index contributed by atoms with van der Waals surface area (Å²) in [5, 5.41) is 0. The van der Waals surface area contributed by atoms with Gasteiger partial charge >= 0.3 is 5.97 Å². The molecule has 5 heterocycles. The monoisotopic (exact) mass is 535 g/mol. The van der Waals surface area contributed by atoms with Gasteiger partial charge in [-0.1, -0.05) is 0 Å². The average molecular weight is 536 g/mol. The molecule has 0 saturated carbocycles. The number of hydrogen-bond acceptors (Lipinski definition) is 12. The number of thiophene rings is 1. The average Bonchev–Trinajstić information content (AvgIpc) is 3.39. The lowest BCUT2D eigenvalue weighted by Crippen LogP contribution is -2.36. The molecule has 0 aliphatic carbocycles. The molecule has 0 unspecified atom stereocenters. The van der Waals surface area contributed by atoms with Gasteiger partial charge in [0.15, 0.2) is 11.6 Å². The Hall–Kier alpha value is -3.90. The highest BCUT2D eigenvalue weighted by molar-refractivity contribution is 7.19. The molecule has 0 radical (unpaired) electrons. The maximum atomic E-state index is 11.9. The van der Waals surface area contributed by atoms with Gasteiger partial charge in [0.25, 0.3) is 0 Å². The Morgan fingerprint density at radius 2 is 1.92 bits per heavy atom. The molecule has 0 atom stereocenters. The zero-order valence-electron chi connectivity index (χ0n) is 21.6. The number of nitrogens with zero attached hydrogens (tertiary/aromatic N) is 7. The molecule has 12 heteroatoms. The highest BCUT2D eigenvalue weighted by Gasteiger charge is 2.21. The van der Waals surface area contributed by atoms with Gasteiger partial charge in [-0.2, -0.15) is 0 Å². The van der Waals surface area contributed by atoms with Crippen LogP contribution in [0.15, 0.2) is 36.8 Å². The van der Waals surface area contributed by atoms with Gasteiger partial charge in [-0.3, -0.25) is 0 Å². The number of esters is 1. The van der Waals surface area contributed by atoms with Crippen molar-refractivity contribution in [3.05, 3.63) is 47.2 Å². The lowest BCUT2D eigenvalue weighted by atomic mass is 10.2. The van der Waals surface area contributed by atoms with Crippen molar-refractivity contribution in [2.75, 3.05) is 63.4 Å². The molecule has 0 spiro atoms. The summed E-state index contributed by atoms with van der Waals surface area (Å²) in [4.78, 5) is 40.1. The van der Waals surface area contributed by atoms with Crippen molar-refractivity contribution in [3.63, 3.8) is 0 Å². The van der Waals surface area contributed by atoms with E-state index >= 15 is 0 Å². The minimum Gasteiger partial charge on any atom is -0.481 e. The lowest BCUT2D eigenvalue weighted by molar-refractivity contribution is 0.0525. The van der Waals surface area contributed by atoms with Crippen molar-refractivity contribution < 1.29 is 19.0 Å². The summed E-state index contributed by atoms with van der Waals surface area (Å²) in [6.45, 7) is 5.67. The van der Waals surface area contributed by atoms with Crippen molar-refractivity contribution in [1.29, 1.82) is 0 Å². The van der Waals surface area contributed by atoms with Gasteiger partial charge in [0.1, 0.15) is 0 Å². The van der Waals surface area contributed by atoms with Gasteiger partial charge in [-0.15, -0.1) is 11.3 Å². The molecule has 11 nitrogen and oxygen atoms in total. The van der Waals surface area contributed by atoms with Crippen molar-refractivity contribution in [2.24, 2.45) is 0 Å².